The second-order valence-corrected chi connectivity index (χ2v) is 8.67. The molecule has 0 bridgehead atoms. The standard InChI is InChI=1S/C30H28N4O2/c1-3-36-26-16-14-25(15-17-26)27-18-22(2)34-29(31-27)19-28(32-34)30(35)33(20-23-10-6-4-7-11-23)21-24-12-8-5-9-13-24/h4-19H,3,20-21H2,1-2H3. The van der Waals surface area contributed by atoms with Crippen LogP contribution in [0.1, 0.15) is 34.2 Å². The van der Waals surface area contributed by atoms with Crippen LogP contribution in [0.4, 0.5) is 0 Å². The monoisotopic (exact) mass is 476 g/mol. The van der Waals surface area contributed by atoms with Crippen molar-refractivity contribution in [3.8, 4) is 17.0 Å². The number of nitrogens with zero attached hydrogens (tertiary/aromatic N) is 4. The van der Waals surface area contributed by atoms with Crippen molar-refractivity contribution in [3.63, 3.8) is 0 Å². The van der Waals surface area contributed by atoms with Crippen molar-refractivity contribution in [1.82, 2.24) is 19.5 Å². The number of aromatic nitrogens is 3. The first-order valence-corrected chi connectivity index (χ1v) is 12.1. The second kappa shape index (κ2) is 10.4. The van der Waals surface area contributed by atoms with Crippen LogP contribution in [0.3, 0.4) is 0 Å². The van der Waals surface area contributed by atoms with Crippen molar-refractivity contribution in [2.75, 3.05) is 6.61 Å². The first-order valence-electron chi connectivity index (χ1n) is 12.1. The Bertz CT molecular complexity index is 1420. The molecule has 0 atom stereocenters. The van der Waals surface area contributed by atoms with Gasteiger partial charge in [0, 0.05) is 30.4 Å². The fourth-order valence-electron chi connectivity index (χ4n) is 4.24. The van der Waals surface area contributed by atoms with Crippen molar-refractivity contribution < 1.29 is 9.53 Å². The number of carbonyl (C=O) groups excluding carboxylic acids is 1. The van der Waals surface area contributed by atoms with E-state index in [0.29, 0.717) is 31.0 Å². The molecule has 5 aromatic rings. The van der Waals surface area contributed by atoms with Crippen molar-refractivity contribution in [3.05, 3.63) is 120 Å². The van der Waals surface area contributed by atoms with Gasteiger partial charge in [-0.05, 0) is 55.3 Å². The molecule has 0 spiro atoms. The van der Waals surface area contributed by atoms with Crippen molar-refractivity contribution in [2.24, 2.45) is 0 Å². The molecule has 1 amide bonds. The van der Waals surface area contributed by atoms with E-state index in [1.807, 2.05) is 110 Å². The van der Waals surface area contributed by atoms with E-state index >= 15 is 0 Å². The zero-order chi connectivity index (χ0) is 24.9. The van der Waals surface area contributed by atoms with Crippen molar-refractivity contribution in [1.29, 1.82) is 0 Å². The van der Waals surface area contributed by atoms with E-state index in [1.165, 1.54) is 0 Å². The highest BCUT2D eigenvalue weighted by Gasteiger charge is 2.21. The molecule has 6 nitrogen and oxygen atoms in total. The van der Waals surface area contributed by atoms with Gasteiger partial charge in [-0.2, -0.15) is 5.10 Å². The maximum Gasteiger partial charge on any atom is 0.275 e. The van der Waals surface area contributed by atoms with Gasteiger partial charge in [0.15, 0.2) is 11.3 Å². The van der Waals surface area contributed by atoms with E-state index in [9.17, 15) is 4.79 Å². The maximum atomic E-state index is 13.7. The van der Waals surface area contributed by atoms with Gasteiger partial charge in [0.1, 0.15) is 5.75 Å². The average Bonchev–Trinajstić information content (AvgIpc) is 3.35. The van der Waals surface area contributed by atoms with E-state index in [0.717, 1.165) is 33.8 Å². The summed E-state index contributed by atoms with van der Waals surface area (Å²) in [6.45, 7) is 5.55. The number of ether oxygens (including phenoxy) is 1. The van der Waals surface area contributed by atoms with E-state index in [1.54, 1.807) is 10.6 Å². The number of carbonyl (C=O) groups is 1. The Morgan fingerprint density at radius 1 is 0.861 bits per heavy atom. The van der Waals surface area contributed by atoms with Crippen LogP contribution in [0.5, 0.6) is 5.75 Å². The summed E-state index contributed by atoms with van der Waals surface area (Å²) < 4.78 is 7.28. The molecule has 2 heterocycles. The fourth-order valence-corrected chi connectivity index (χ4v) is 4.24. The van der Waals surface area contributed by atoms with Crippen LogP contribution in [0, 0.1) is 6.92 Å². The summed E-state index contributed by atoms with van der Waals surface area (Å²) >= 11 is 0. The highest BCUT2D eigenvalue weighted by atomic mass is 16.5. The lowest BCUT2D eigenvalue weighted by molar-refractivity contribution is 0.0723. The quantitative estimate of drug-likeness (QED) is 0.278. The molecular weight excluding hydrogens is 448 g/mol. The molecule has 0 unspecified atom stereocenters. The minimum absolute atomic E-state index is 0.129. The van der Waals surface area contributed by atoms with Crippen molar-refractivity contribution >= 4 is 11.6 Å². The second-order valence-electron chi connectivity index (χ2n) is 8.67. The SMILES string of the molecule is CCOc1ccc(-c2cc(C)n3nc(C(=O)N(Cc4ccccc4)Cc4ccccc4)cc3n2)cc1. The topological polar surface area (TPSA) is 59.7 Å². The molecule has 3 aromatic carbocycles. The Labute approximate surface area is 210 Å². The third-order valence-corrected chi connectivity index (χ3v) is 6.01. The first kappa shape index (κ1) is 23.3. The maximum absolute atomic E-state index is 13.7. The molecule has 0 aliphatic carbocycles. The molecule has 2 aromatic heterocycles. The number of fused-ring (bicyclic) bond motifs is 1. The van der Waals surface area contributed by atoms with Gasteiger partial charge in [-0.15, -0.1) is 0 Å². The predicted molar refractivity (Wildman–Crippen MR) is 141 cm³/mol. The van der Waals surface area contributed by atoms with Gasteiger partial charge in [-0.1, -0.05) is 60.7 Å². The highest BCUT2D eigenvalue weighted by Crippen LogP contribution is 2.23. The Morgan fingerprint density at radius 3 is 2.06 bits per heavy atom. The molecule has 0 fully saturated rings. The molecule has 36 heavy (non-hydrogen) atoms. The summed E-state index contributed by atoms with van der Waals surface area (Å²) in [6.07, 6.45) is 0. The number of hydrogen-bond acceptors (Lipinski definition) is 4. The van der Waals surface area contributed by atoms with Crippen LogP contribution in [-0.2, 0) is 13.1 Å². The molecule has 180 valence electrons. The zero-order valence-corrected chi connectivity index (χ0v) is 20.5. The Hall–Kier alpha value is -4.45. The van der Waals surface area contributed by atoms with Crippen LogP contribution in [-0.4, -0.2) is 32.0 Å². The number of aryl methyl sites for hydroxylation is 1. The molecule has 5 rings (SSSR count). The number of hydrogen-bond donors (Lipinski definition) is 0. The summed E-state index contributed by atoms with van der Waals surface area (Å²) in [5, 5.41) is 4.63. The van der Waals surface area contributed by atoms with Crippen molar-refractivity contribution in [2.45, 2.75) is 26.9 Å². The van der Waals surface area contributed by atoms with E-state index in [4.69, 9.17) is 9.72 Å². The van der Waals surface area contributed by atoms with Gasteiger partial charge in [-0.25, -0.2) is 9.50 Å². The van der Waals surface area contributed by atoms with Gasteiger partial charge in [0.25, 0.3) is 5.91 Å². The molecule has 0 saturated heterocycles. The van der Waals surface area contributed by atoms with Crippen LogP contribution in [0.2, 0.25) is 0 Å². The lowest BCUT2D eigenvalue weighted by atomic mass is 10.1. The van der Waals surface area contributed by atoms with Crippen LogP contribution >= 0.6 is 0 Å². The first-order chi connectivity index (χ1) is 17.6. The van der Waals surface area contributed by atoms with Crippen LogP contribution in [0.15, 0.2) is 97.1 Å². The van der Waals surface area contributed by atoms with E-state index in [2.05, 4.69) is 5.10 Å². The summed E-state index contributed by atoms with van der Waals surface area (Å²) in [5.41, 5.74) is 5.86. The minimum Gasteiger partial charge on any atom is -0.494 e. The Kier molecular flexibility index (Phi) is 6.76. The normalized spacial score (nSPS) is 10.9. The third-order valence-electron chi connectivity index (χ3n) is 6.01. The summed E-state index contributed by atoms with van der Waals surface area (Å²) in [4.78, 5) is 20.3. The summed E-state index contributed by atoms with van der Waals surface area (Å²) in [6, 6.07) is 31.7. The molecule has 0 radical (unpaired) electrons. The largest absolute Gasteiger partial charge is 0.494 e. The lowest BCUT2D eigenvalue weighted by Crippen LogP contribution is -2.30. The Morgan fingerprint density at radius 2 is 1.47 bits per heavy atom. The minimum atomic E-state index is -0.129. The van der Waals surface area contributed by atoms with Gasteiger partial charge >= 0.3 is 0 Å². The third kappa shape index (κ3) is 5.13. The highest BCUT2D eigenvalue weighted by molar-refractivity contribution is 5.93. The molecule has 0 aliphatic rings. The van der Waals surface area contributed by atoms with E-state index in [-0.39, 0.29) is 5.91 Å². The fraction of sp³-hybridized carbons (Fsp3) is 0.167. The number of rotatable bonds is 8. The van der Waals surface area contributed by atoms with Crippen LogP contribution < -0.4 is 4.74 Å². The molecular formula is C30H28N4O2. The van der Waals surface area contributed by atoms with Crippen LogP contribution in [0.25, 0.3) is 16.9 Å². The molecule has 0 aliphatic heterocycles. The lowest BCUT2D eigenvalue weighted by Gasteiger charge is -2.22. The zero-order valence-electron chi connectivity index (χ0n) is 20.5. The van der Waals surface area contributed by atoms with Gasteiger partial charge in [0.2, 0.25) is 0 Å². The molecule has 0 saturated carbocycles. The number of benzene rings is 3. The van der Waals surface area contributed by atoms with Gasteiger partial charge < -0.3 is 9.64 Å². The van der Waals surface area contributed by atoms with Gasteiger partial charge in [-0.3, -0.25) is 4.79 Å². The summed E-state index contributed by atoms with van der Waals surface area (Å²) in [5.74, 6) is 0.698. The average molecular weight is 477 g/mol. The predicted octanol–water partition coefficient (Wildman–Crippen LogP) is 5.95. The van der Waals surface area contributed by atoms with E-state index < -0.39 is 0 Å². The van der Waals surface area contributed by atoms with Gasteiger partial charge in [0.05, 0.1) is 12.3 Å². The molecule has 6 heteroatoms. The molecule has 0 N–H and O–H groups in total. The number of amides is 1. The summed E-state index contributed by atoms with van der Waals surface area (Å²) in [7, 11) is 0. The smallest absolute Gasteiger partial charge is 0.275 e. The Balaban J connectivity index is 1.46.